The Hall–Kier alpha value is -2.39. The fourth-order valence-corrected chi connectivity index (χ4v) is 1.20. The summed E-state index contributed by atoms with van der Waals surface area (Å²) in [5, 5.41) is 19.6. The SMILES string of the molecule is NC(=O)CC#Cc1ccc([N+](=O)[O-])c(CO)c1. The van der Waals surface area contributed by atoms with Crippen LogP contribution in [0.25, 0.3) is 0 Å². The molecular weight excluding hydrogens is 224 g/mol. The first-order valence-corrected chi connectivity index (χ1v) is 4.70. The molecule has 0 heterocycles. The number of amides is 1. The number of aliphatic hydroxyl groups is 1. The number of carbonyl (C=O) groups is 1. The Bertz CT molecular complexity index is 514. The molecular formula is C11H10N2O4. The number of nitrogens with zero attached hydrogens (tertiary/aromatic N) is 1. The van der Waals surface area contributed by atoms with E-state index in [9.17, 15) is 14.9 Å². The van der Waals surface area contributed by atoms with Gasteiger partial charge in [0, 0.05) is 11.6 Å². The summed E-state index contributed by atoms with van der Waals surface area (Å²) in [6.07, 6.45) is -0.0779. The topological polar surface area (TPSA) is 106 Å². The Morgan fingerprint density at radius 3 is 2.76 bits per heavy atom. The van der Waals surface area contributed by atoms with Crippen molar-refractivity contribution >= 4 is 11.6 Å². The van der Waals surface area contributed by atoms with Crippen LogP contribution < -0.4 is 5.73 Å². The fourth-order valence-electron chi connectivity index (χ4n) is 1.20. The van der Waals surface area contributed by atoms with Crippen molar-refractivity contribution in [2.24, 2.45) is 5.73 Å². The van der Waals surface area contributed by atoms with Gasteiger partial charge in [-0.25, -0.2) is 0 Å². The van der Waals surface area contributed by atoms with Crippen molar-refractivity contribution in [1.82, 2.24) is 0 Å². The highest BCUT2D eigenvalue weighted by Gasteiger charge is 2.12. The molecule has 6 heteroatoms. The second-order valence-electron chi connectivity index (χ2n) is 3.20. The molecule has 0 aliphatic rings. The van der Waals surface area contributed by atoms with E-state index in [4.69, 9.17) is 10.8 Å². The minimum Gasteiger partial charge on any atom is -0.391 e. The number of hydrogen-bond donors (Lipinski definition) is 2. The Morgan fingerprint density at radius 2 is 2.24 bits per heavy atom. The van der Waals surface area contributed by atoms with E-state index in [0.29, 0.717) is 5.56 Å². The molecule has 0 atom stereocenters. The van der Waals surface area contributed by atoms with Gasteiger partial charge in [-0.3, -0.25) is 14.9 Å². The van der Waals surface area contributed by atoms with Crippen molar-refractivity contribution < 1.29 is 14.8 Å². The lowest BCUT2D eigenvalue weighted by atomic mass is 10.1. The Morgan fingerprint density at radius 1 is 1.53 bits per heavy atom. The molecule has 0 saturated carbocycles. The molecule has 0 fully saturated rings. The van der Waals surface area contributed by atoms with E-state index in [1.54, 1.807) is 0 Å². The summed E-state index contributed by atoms with van der Waals surface area (Å²) in [5.74, 6) is 4.62. The molecule has 88 valence electrons. The highest BCUT2D eigenvalue weighted by Crippen LogP contribution is 2.19. The van der Waals surface area contributed by atoms with Crippen molar-refractivity contribution in [2.45, 2.75) is 13.0 Å². The van der Waals surface area contributed by atoms with Crippen LogP contribution in [0.4, 0.5) is 5.69 Å². The number of aliphatic hydroxyl groups excluding tert-OH is 1. The van der Waals surface area contributed by atoms with Crippen molar-refractivity contribution in [2.75, 3.05) is 0 Å². The van der Waals surface area contributed by atoms with Crippen molar-refractivity contribution in [1.29, 1.82) is 0 Å². The van der Waals surface area contributed by atoms with Gasteiger partial charge in [-0.15, -0.1) is 0 Å². The van der Waals surface area contributed by atoms with E-state index in [2.05, 4.69) is 11.8 Å². The van der Waals surface area contributed by atoms with Gasteiger partial charge in [0.1, 0.15) is 0 Å². The van der Waals surface area contributed by atoms with Crippen LogP contribution in [0.5, 0.6) is 0 Å². The van der Waals surface area contributed by atoms with Gasteiger partial charge in [0.05, 0.1) is 23.5 Å². The molecule has 17 heavy (non-hydrogen) atoms. The highest BCUT2D eigenvalue weighted by atomic mass is 16.6. The number of carbonyl (C=O) groups excluding carboxylic acids is 1. The second-order valence-corrected chi connectivity index (χ2v) is 3.20. The molecule has 0 aliphatic carbocycles. The van der Waals surface area contributed by atoms with E-state index < -0.39 is 17.4 Å². The molecule has 1 aromatic rings. The molecule has 0 unspecified atom stereocenters. The predicted molar refractivity (Wildman–Crippen MR) is 59.7 cm³/mol. The summed E-state index contributed by atoms with van der Waals surface area (Å²) in [5.41, 5.74) is 5.41. The standard InChI is InChI=1S/C11H10N2O4/c12-11(15)3-1-2-8-4-5-10(13(16)17)9(6-8)7-14/h4-6,14H,3,7H2,(H2,12,15). The molecule has 0 spiro atoms. The summed E-state index contributed by atoms with van der Waals surface area (Å²) >= 11 is 0. The molecule has 1 rings (SSSR count). The lowest BCUT2D eigenvalue weighted by molar-refractivity contribution is -0.385. The zero-order valence-corrected chi connectivity index (χ0v) is 8.84. The quantitative estimate of drug-likeness (QED) is 0.446. The van der Waals surface area contributed by atoms with Gasteiger partial charge < -0.3 is 10.8 Å². The van der Waals surface area contributed by atoms with Crippen molar-refractivity contribution in [3.8, 4) is 11.8 Å². The van der Waals surface area contributed by atoms with Crippen LogP contribution in [-0.2, 0) is 11.4 Å². The number of nitrogens with two attached hydrogens (primary N) is 1. The average molecular weight is 234 g/mol. The van der Waals surface area contributed by atoms with E-state index in [1.165, 1.54) is 18.2 Å². The van der Waals surface area contributed by atoms with E-state index in [-0.39, 0.29) is 17.7 Å². The first kappa shape index (κ1) is 12.7. The van der Waals surface area contributed by atoms with E-state index >= 15 is 0 Å². The molecule has 3 N–H and O–H groups in total. The smallest absolute Gasteiger partial charge is 0.274 e. The Kier molecular flexibility index (Phi) is 4.20. The van der Waals surface area contributed by atoms with Crippen LogP contribution in [0.1, 0.15) is 17.5 Å². The third-order valence-corrected chi connectivity index (χ3v) is 1.94. The van der Waals surface area contributed by atoms with Gasteiger partial charge in [-0.1, -0.05) is 11.8 Å². The lowest BCUT2D eigenvalue weighted by Crippen LogP contribution is -2.08. The van der Waals surface area contributed by atoms with Gasteiger partial charge in [-0.2, -0.15) is 0 Å². The third-order valence-electron chi connectivity index (χ3n) is 1.94. The van der Waals surface area contributed by atoms with Gasteiger partial charge in [0.15, 0.2) is 0 Å². The van der Waals surface area contributed by atoms with Gasteiger partial charge in [-0.05, 0) is 12.1 Å². The number of nitro benzene ring substituents is 1. The monoisotopic (exact) mass is 234 g/mol. The Labute approximate surface area is 97.2 Å². The molecule has 0 aliphatic heterocycles. The zero-order valence-electron chi connectivity index (χ0n) is 8.84. The summed E-state index contributed by atoms with van der Waals surface area (Å²) < 4.78 is 0. The number of hydrogen-bond acceptors (Lipinski definition) is 4. The average Bonchev–Trinajstić information content (AvgIpc) is 2.28. The largest absolute Gasteiger partial charge is 0.391 e. The fraction of sp³-hybridized carbons (Fsp3) is 0.182. The minimum atomic E-state index is -0.577. The molecule has 1 amide bonds. The molecule has 1 aromatic carbocycles. The number of rotatable bonds is 3. The lowest BCUT2D eigenvalue weighted by Gasteiger charge is -1.99. The maximum Gasteiger partial charge on any atom is 0.274 e. The van der Waals surface area contributed by atoms with Gasteiger partial charge in [0.2, 0.25) is 5.91 Å². The van der Waals surface area contributed by atoms with Crippen LogP contribution in [0.3, 0.4) is 0 Å². The normalized spacial score (nSPS) is 9.24. The predicted octanol–water partition coefficient (Wildman–Crippen LogP) is 0.314. The van der Waals surface area contributed by atoms with Crippen LogP contribution >= 0.6 is 0 Å². The first-order valence-electron chi connectivity index (χ1n) is 4.70. The molecule has 0 bridgehead atoms. The molecule has 6 nitrogen and oxygen atoms in total. The van der Waals surface area contributed by atoms with Crippen molar-refractivity contribution in [3.63, 3.8) is 0 Å². The molecule has 0 saturated heterocycles. The van der Waals surface area contributed by atoms with Crippen LogP contribution in [0.15, 0.2) is 18.2 Å². The third kappa shape index (κ3) is 3.59. The maximum atomic E-state index is 10.6. The van der Waals surface area contributed by atoms with Crippen LogP contribution in [0, 0.1) is 22.0 Å². The van der Waals surface area contributed by atoms with E-state index in [1.807, 2.05) is 0 Å². The zero-order chi connectivity index (χ0) is 12.8. The van der Waals surface area contributed by atoms with Crippen LogP contribution in [0.2, 0.25) is 0 Å². The summed E-state index contributed by atoms with van der Waals surface area (Å²) in [4.78, 5) is 20.5. The summed E-state index contributed by atoms with van der Waals surface area (Å²) in [7, 11) is 0. The minimum absolute atomic E-state index is 0.0779. The van der Waals surface area contributed by atoms with Gasteiger partial charge >= 0.3 is 0 Å². The number of primary amides is 1. The number of benzene rings is 1. The maximum absolute atomic E-state index is 10.6. The second kappa shape index (κ2) is 5.63. The first-order chi connectivity index (χ1) is 8.04. The highest BCUT2D eigenvalue weighted by molar-refractivity contribution is 5.76. The summed E-state index contributed by atoms with van der Waals surface area (Å²) in [6.45, 7) is -0.443. The summed E-state index contributed by atoms with van der Waals surface area (Å²) in [6, 6.07) is 4.12. The number of nitro groups is 1. The molecule has 0 aromatic heterocycles. The molecule has 0 radical (unpaired) electrons. The Balaban J connectivity index is 3.00. The van der Waals surface area contributed by atoms with Crippen LogP contribution in [-0.4, -0.2) is 15.9 Å². The van der Waals surface area contributed by atoms with Crippen molar-refractivity contribution in [3.05, 3.63) is 39.4 Å². The van der Waals surface area contributed by atoms with Gasteiger partial charge in [0.25, 0.3) is 5.69 Å². The van der Waals surface area contributed by atoms with E-state index in [0.717, 1.165) is 0 Å².